The zero-order valence-corrected chi connectivity index (χ0v) is 33.1. The lowest BCUT2D eigenvalue weighted by Gasteiger charge is -2.10. The summed E-state index contributed by atoms with van der Waals surface area (Å²) in [4.78, 5) is 0. The molecule has 0 spiro atoms. The zero-order valence-electron chi connectivity index (χ0n) is 33.1. The van der Waals surface area contributed by atoms with Crippen molar-refractivity contribution in [3.63, 3.8) is 0 Å². The van der Waals surface area contributed by atoms with Crippen molar-refractivity contribution in [3.05, 3.63) is 188 Å². The molecule has 0 bridgehead atoms. The van der Waals surface area contributed by atoms with Gasteiger partial charge in [-0.25, -0.2) is 0 Å². The Labute approximate surface area is 345 Å². The lowest BCUT2D eigenvalue weighted by atomic mass is 9.98. The van der Waals surface area contributed by atoms with E-state index in [2.05, 4.69) is 204 Å². The molecule has 0 fully saturated rings. The first-order valence-corrected chi connectivity index (χ1v) is 20.6. The first-order chi connectivity index (χ1) is 29.6. The van der Waals surface area contributed by atoms with Crippen molar-refractivity contribution in [2.24, 2.45) is 14.1 Å². The summed E-state index contributed by atoms with van der Waals surface area (Å²) in [6.07, 6.45) is 0. The van der Waals surface area contributed by atoms with Gasteiger partial charge in [-0.05, 0) is 118 Å². The Kier molecular flexibility index (Phi) is 6.83. The summed E-state index contributed by atoms with van der Waals surface area (Å²) in [6.45, 7) is 0. The molecule has 0 saturated carbocycles. The van der Waals surface area contributed by atoms with Gasteiger partial charge in [0.25, 0.3) is 0 Å². The van der Waals surface area contributed by atoms with Crippen LogP contribution in [-0.2, 0) is 14.1 Å². The van der Waals surface area contributed by atoms with E-state index in [0.29, 0.717) is 0 Å². The summed E-state index contributed by atoms with van der Waals surface area (Å²) in [5, 5.41) is 9.86. The molecule has 0 saturated heterocycles. The van der Waals surface area contributed by atoms with Crippen LogP contribution in [0, 0.1) is 0 Å². The normalized spacial score (nSPS) is 12.2. The molecule has 4 heteroatoms. The summed E-state index contributed by atoms with van der Waals surface area (Å²) in [5.74, 6) is 0. The minimum Gasteiger partial charge on any atom is -0.456 e. The van der Waals surface area contributed by atoms with E-state index in [0.717, 1.165) is 27.6 Å². The molecule has 0 aliphatic carbocycles. The molecule has 13 rings (SSSR count). The molecule has 0 aliphatic heterocycles. The van der Waals surface area contributed by atoms with E-state index in [1.165, 1.54) is 98.8 Å². The maximum Gasteiger partial charge on any atom is 0.135 e. The predicted molar refractivity (Wildman–Crippen MR) is 252 cm³/mol. The topological polar surface area (TPSA) is 27.9 Å². The fourth-order valence-electron chi connectivity index (χ4n) is 10.1. The highest BCUT2D eigenvalue weighted by Gasteiger charge is 2.18. The first-order valence-electron chi connectivity index (χ1n) is 20.6. The minimum atomic E-state index is 0.917. The second kappa shape index (κ2) is 12.3. The molecule has 0 unspecified atom stereocenters. The van der Waals surface area contributed by atoms with Crippen molar-refractivity contribution in [2.75, 3.05) is 0 Å². The molecular formula is C56H37N3O. The van der Waals surface area contributed by atoms with Crippen LogP contribution < -0.4 is 0 Å². The van der Waals surface area contributed by atoms with E-state index >= 15 is 0 Å². The summed E-state index contributed by atoms with van der Waals surface area (Å²) < 4.78 is 13.2. The molecule has 0 atom stereocenters. The molecule has 4 heterocycles. The van der Waals surface area contributed by atoms with Crippen LogP contribution in [0.3, 0.4) is 0 Å². The third-order valence-corrected chi connectivity index (χ3v) is 13.1. The van der Waals surface area contributed by atoms with Gasteiger partial charge in [0.1, 0.15) is 11.2 Å². The van der Waals surface area contributed by atoms with Gasteiger partial charge in [0.2, 0.25) is 0 Å². The number of aromatic nitrogens is 3. The SMILES string of the molecule is Cn1c2ccccc2c2cc(-c3ccc4c(c3)c3ccc(-c5ccc6c7cc(-c8ccc9oc%10ccccc%10c9c8)ccc7n(C)c6c5)cc3n4-c3ccccc3)ccc21. The maximum atomic E-state index is 6.13. The largest absolute Gasteiger partial charge is 0.456 e. The van der Waals surface area contributed by atoms with Crippen LogP contribution in [0.2, 0.25) is 0 Å². The molecule has 0 N–H and O–H groups in total. The van der Waals surface area contributed by atoms with E-state index < -0.39 is 0 Å². The smallest absolute Gasteiger partial charge is 0.135 e. The van der Waals surface area contributed by atoms with Crippen molar-refractivity contribution in [1.29, 1.82) is 0 Å². The summed E-state index contributed by atoms with van der Waals surface area (Å²) in [7, 11) is 4.34. The number of rotatable bonds is 4. The van der Waals surface area contributed by atoms with Gasteiger partial charge in [0, 0.05) is 84.9 Å². The Morgan fingerprint density at radius 1 is 0.283 bits per heavy atom. The van der Waals surface area contributed by atoms with Gasteiger partial charge in [0.15, 0.2) is 0 Å². The number of aryl methyl sites for hydroxylation is 2. The van der Waals surface area contributed by atoms with E-state index in [1.807, 2.05) is 12.1 Å². The molecule has 9 aromatic carbocycles. The Morgan fingerprint density at radius 3 is 1.42 bits per heavy atom. The van der Waals surface area contributed by atoms with Crippen LogP contribution in [0.15, 0.2) is 192 Å². The number of furan rings is 1. The predicted octanol–water partition coefficient (Wildman–Crippen LogP) is 15.0. The van der Waals surface area contributed by atoms with Crippen molar-refractivity contribution >= 4 is 87.4 Å². The third kappa shape index (κ3) is 4.73. The highest BCUT2D eigenvalue weighted by molar-refractivity contribution is 6.14. The minimum absolute atomic E-state index is 0.917. The van der Waals surface area contributed by atoms with Gasteiger partial charge in [0.05, 0.1) is 11.0 Å². The van der Waals surface area contributed by atoms with Gasteiger partial charge in [-0.15, -0.1) is 0 Å². The highest BCUT2D eigenvalue weighted by Crippen LogP contribution is 2.41. The molecule has 4 nitrogen and oxygen atoms in total. The summed E-state index contributed by atoms with van der Waals surface area (Å²) in [6, 6.07) is 68.9. The van der Waals surface area contributed by atoms with Gasteiger partial charge in [-0.1, -0.05) is 103 Å². The molecule has 0 radical (unpaired) electrons. The lowest BCUT2D eigenvalue weighted by Crippen LogP contribution is -1.93. The second-order valence-corrected chi connectivity index (χ2v) is 16.3. The quantitative estimate of drug-likeness (QED) is 0.175. The maximum absolute atomic E-state index is 6.13. The summed E-state index contributed by atoms with van der Waals surface area (Å²) >= 11 is 0. The van der Waals surface area contributed by atoms with Crippen molar-refractivity contribution in [1.82, 2.24) is 13.7 Å². The Balaban J connectivity index is 0.934. The summed E-state index contributed by atoms with van der Waals surface area (Å²) in [5.41, 5.74) is 17.5. The average molecular weight is 768 g/mol. The van der Waals surface area contributed by atoms with Crippen molar-refractivity contribution in [3.8, 4) is 39.1 Å². The number of fused-ring (bicyclic) bond motifs is 12. The Morgan fingerprint density at radius 2 is 0.717 bits per heavy atom. The first kappa shape index (κ1) is 33.2. The Hall–Kier alpha value is -7.82. The molecular weight excluding hydrogens is 731 g/mol. The van der Waals surface area contributed by atoms with Gasteiger partial charge in [-0.3, -0.25) is 0 Å². The van der Waals surface area contributed by atoms with E-state index in [1.54, 1.807) is 0 Å². The van der Waals surface area contributed by atoms with Crippen LogP contribution in [0.25, 0.3) is 126 Å². The highest BCUT2D eigenvalue weighted by atomic mass is 16.3. The van der Waals surface area contributed by atoms with Crippen LogP contribution in [0.1, 0.15) is 0 Å². The van der Waals surface area contributed by atoms with Crippen LogP contribution in [0.5, 0.6) is 0 Å². The molecule has 0 aliphatic rings. The fraction of sp³-hybridized carbons (Fsp3) is 0.0357. The number of benzene rings is 9. The standard InChI is InChI=1S/C56H37N3O/c1-57-49-14-8-6-12-41(49)45-28-34(18-24-50(45)57)36-20-26-52-47(30-36)43-23-17-39(33-54(43)59(52)40-10-4-3-5-11-40)38-16-22-42-46-29-35(19-25-51(46)58(2)53(42)32-38)37-21-27-56-48(31-37)44-13-7-9-15-55(44)60-56/h3-33H,1-2H3. The monoisotopic (exact) mass is 767 g/mol. The number of nitrogens with zero attached hydrogens (tertiary/aromatic N) is 3. The average Bonchev–Trinajstić information content (AvgIpc) is 4.02. The third-order valence-electron chi connectivity index (χ3n) is 13.1. The fourth-order valence-corrected chi connectivity index (χ4v) is 10.1. The van der Waals surface area contributed by atoms with Gasteiger partial charge in [-0.2, -0.15) is 0 Å². The van der Waals surface area contributed by atoms with Crippen LogP contribution in [0.4, 0.5) is 0 Å². The van der Waals surface area contributed by atoms with Crippen molar-refractivity contribution < 1.29 is 4.42 Å². The zero-order chi connectivity index (χ0) is 39.6. The number of hydrogen-bond donors (Lipinski definition) is 0. The van der Waals surface area contributed by atoms with E-state index in [4.69, 9.17) is 4.42 Å². The second-order valence-electron chi connectivity index (χ2n) is 16.3. The van der Waals surface area contributed by atoms with Crippen LogP contribution in [-0.4, -0.2) is 13.7 Å². The van der Waals surface area contributed by atoms with Crippen LogP contribution >= 0.6 is 0 Å². The molecule has 4 aromatic heterocycles. The number of hydrogen-bond acceptors (Lipinski definition) is 1. The Bertz CT molecular complexity index is 3910. The van der Waals surface area contributed by atoms with E-state index in [-0.39, 0.29) is 0 Å². The molecule has 13 aromatic rings. The van der Waals surface area contributed by atoms with Gasteiger partial charge >= 0.3 is 0 Å². The molecule has 60 heavy (non-hydrogen) atoms. The van der Waals surface area contributed by atoms with Crippen molar-refractivity contribution in [2.45, 2.75) is 0 Å². The lowest BCUT2D eigenvalue weighted by molar-refractivity contribution is 0.669. The molecule has 282 valence electrons. The number of para-hydroxylation sites is 3. The van der Waals surface area contributed by atoms with Gasteiger partial charge < -0.3 is 18.1 Å². The molecule has 0 amide bonds. The van der Waals surface area contributed by atoms with E-state index in [9.17, 15) is 0 Å².